The van der Waals surface area contributed by atoms with Crippen LogP contribution in [0.3, 0.4) is 0 Å². The molecule has 0 saturated heterocycles. The summed E-state index contributed by atoms with van der Waals surface area (Å²) >= 11 is 0. The van der Waals surface area contributed by atoms with Crippen LogP contribution in [0.1, 0.15) is 56.3 Å². The Morgan fingerprint density at radius 3 is 2.84 bits per heavy atom. The summed E-state index contributed by atoms with van der Waals surface area (Å²) in [5.74, 6) is 0.358. The summed E-state index contributed by atoms with van der Waals surface area (Å²) in [6.07, 6.45) is 7.75. The average molecular weight is 435 g/mol. The third-order valence-corrected chi connectivity index (χ3v) is 5.50. The number of aromatic nitrogens is 4. The molecule has 1 aliphatic heterocycles. The van der Waals surface area contributed by atoms with E-state index in [-0.39, 0.29) is 5.97 Å². The largest absolute Gasteiger partial charge is 0.368 e. The number of carbonyl (C=O) groups is 1. The number of fused-ring (bicyclic) bond motifs is 1. The van der Waals surface area contributed by atoms with Crippen molar-refractivity contribution in [1.82, 2.24) is 24.8 Å². The fraction of sp³-hybridized carbons (Fsp3) is 0.417. The monoisotopic (exact) mass is 434 g/mol. The van der Waals surface area contributed by atoms with Gasteiger partial charge in [0.25, 0.3) is 0 Å². The highest BCUT2D eigenvalue weighted by molar-refractivity contribution is 5.69. The maximum Gasteiger partial charge on any atom is 0.325 e. The Kier molecular flexibility index (Phi) is 6.50. The lowest BCUT2D eigenvalue weighted by molar-refractivity contribution is -0.195. The summed E-state index contributed by atoms with van der Waals surface area (Å²) < 4.78 is 1.92. The zero-order valence-electron chi connectivity index (χ0n) is 19.1. The van der Waals surface area contributed by atoms with Gasteiger partial charge < -0.3 is 10.2 Å². The molecule has 0 spiro atoms. The van der Waals surface area contributed by atoms with E-state index in [9.17, 15) is 4.79 Å². The predicted molar refractivity (Wildman–Crippen MR) is 123 cm³/mol. The Morgan fingerprint density at radius 2 is 2.09 bits per heavy atom. The molecule has 1 aliphatic rings. The number of nitrogens with zero attached hydrogens (tertiary/aromatic N) is 5. The van der Waals surface area contributed by atoms with Crippen LogP contribution in [-0.2, 0) is 22.6 Å². The van der Waals surface area contributed by atoms with Crippen LogP contribution in [0.4, 0.5) is 11.6 Å². The highest BCUT2D eigenvalue weighted by atomic mass is 16.7. The molecule has 0 aliphatic carbocycles. The first-order valence-corrected chi connectivity index (χ1v) is 11.2. The second kappa shape index (κ2) is 9.48. The minimum absolute atomic E-state index is 0.174. The molecule has 3 aromatic rings. The second-order valence-electron chi connectivity index (χ2n) is 8.46. The van der Waals surface area contributed by atoms with Crippen LogP contribution in [0.15, 0.2) is 36.8 Å². The van der Waals surface area contributed by atoms with Crippen molar-refractivity contribution in [2.45, 2.75) is 59.5 Å². The first-order chi connectivity index (χ1) is 15.4. The van der Waals surface area contributed by atoms with Crippen molar-refractivity contribution in [3.05, 3.63) is 53.5 Å². The summed E-state index contributed by atoms with van der Waals surface area (Å²) in [6.45, 7) is 9.45. The van der Waals surface area contributed by atoms with Crippen molar-refractivity contribution < 1.29 is 9.63 Å². The number of hydrogen-bond acceptors (Lipinski definition) is 7. The molecular formula is C24H30N6O2. The lowest BCUT2D eigenvalue weighted by Gasteiger charge is -2.27. The normalized spacial score (nSPS) is 13.8. The summed E-state index contributed by atoms with van der Waals surface area (Å²) in [5, 5.41) is 9.50. The van der Waals surface area contributed by atoms with Crippen molar-refractivity contribution in [2.75, 3.05) is 11.9 Å². The molecule has 0 fully saturated rings. The van der Waals surface area contributed by atoms with E-state index in [0.29, 0.717) is 31.5 Å². The molecule has 0 unspecified atom stereocenters. The topological polar surface area (TPSA) is 85.2 Å². The van der Waals surface area contributed by atoms with Crippen LogP contribution in [0.25, 0.3) is 11.3 Å². The van der Waals surface area contributed by atoms with Gasteiger partial charge in [-0.3, -0.25) is 9.48 Å². The van der Waals surface area contributed by atoms with Crippen molar-refractivity contribution in [2.24, 2.45) is 0 Å². The Balaban J connectivity index is 1.51. The third kappa shape index (κ3) is 4.96. The zero-order valence-corrected chi connectivity index (χ0v) is 19.1. The average Bonchev–Trinajstić information content (AvgIpc) is 3.25. The summed E-state index contributed by atoms with van der Waals surface area (Å²) in [7, 11) is 0. The molecule has 2 aromatic heterocycles. The van der Waals surface area contributed by atoms with Crippen LogP contribution in [0.2, 0.25) is 0 Å². The molecule has 0 amide bonds. The van der Waals surface area contributed by atoms with Crippen molar-refractivity contribution in [3.63, 3.8) is 0 Å². The molecule has 168 valence electrons. The van der Waals surface area contributed by atoms with E-state index in [4.69, 9.17) is 9.82 Å². The molecule has 4 rings (SSSR count). The molecule has 0 radical (unpaired) electrons. The quantitative estimate of drug-likeness (QED) is 0.582. The molecule has 0 bridgehead atoms. The summed E-state index contributed by atoms with van der Waals surface area (Å²) in [6, 6.07) is 6.52. The minimum atomic E-state index is -0.174. The van der Waals surface area contributed by atoms with Gasteiger partial charge in [0.15, 0.2) is 0 Å². The predicted octanol–water partition coefficient (Wildman–Crippen LogP) is 4.59. The van der Waals surface area contributed by atoms with Gasteiger partial charge in [-0.1, -0.05) is 13.0 Å². The number of benzene rings is 1. The molecule has 32 heavy (non-hydrogen) atoms. The fourth-order valence-electron chi connectivity index (χ4n) is 3.75. The lowest BCUT2D eigenvalue weighted by Crippen LogP contribution is -2.32. The summed E-state index contributed by atoms with van der Waals surface area (Å²) in [4.78, 5) is 26.5. The van der Waals surface area contributed by atoms with E-state index >= 15 is 0 Å². The first-order valence-electron chi connectivity index (χ1n) is 11.2. The smallest absolute Gasteiger partial charge is 0.325 e. The van der Waals surface area contributed by atoms with Crippen LogP contribution < -0.4 is 5.32 Å². The number of hydroxylamine groups is 2. The van der Waals surface area contributed by atoms with Gasteiger partial charge >= 0.3 is 5.97 Å². The SMILES string of the molecule is CCCC(=O)ON1CCc2ccc(Nc3ncc(C)c(-c4cnn(C(C)C)c4)n3)cc2C1. The number of rotatable bonds is 7. The van der Waals surface area contributed by atoms with Gasteiger partial charge in [0, 0.05) is 42.7 Å². The van der Waals surface area contributed by atoms with Crippen LogP contribution >= 0.6 is 0 Å². The highest BCUT2D eigenvalue weighted by Gasteiger charge is 2.20. The number of aryl methyl sites for hydroxylation is 1. The molecule has 0 atom stereocenters. The van der Waals surface area contributed by atoms with Gasteiger partial charge in [0.1, 0.15) is 0 Å². The number of nitrogens with one attached hydrogen (secondary N) is 1. The Hall–Kier alpha value is -3.26. The van der Waals surface area contributed by atoms with Gasteiger partial charge in [-0.25, -0.2) is 9.97 Å². The van der Waals surface area contributed by atoms with E-state index in [0.717, 1.165) is 40.9 Å². The van der Waals surface area contributed by atoms with Gasteiger partial charge in [0.2, 0.25) is 5.95 Å². The van der Waals surface area contributed by atoms with Crippen molar-refractivity contribution in [3.8, 4) is 11.3 Å². The zero-order chi connectivity index (χ0) is 22.7. The molecule has 0 saturated carbocycles. The summed E-state index contributed by atoms with van der Waals surface area (Å²) in [5.41, 5.74) is 6.13. The molecule has 1 N–H and O–H groups in total. The molecule has 3 heterocycles. The van der Waals surface area contributed by atoms with Gasteiger partial charge in [-0.2, -0.15) is 5.10 Å². The Morgan fingerprint density at radius 1 is 1.25 bits per heavy atom. The molecular weight excluding hydrogens is 404 g/mol. The second-order valence-corrected chi connectivity index (χ2v) is 8.46. The lowest BCUT2D eigenvalue weighted by atomic mass is 10.0. The van der Waals surface area contributed by atoms with E-state index in [2.05, 4.69) is 41.4 Å². The Bertz CT molecular complexity index is 1110. The van der Waals surface area contributed by atoms with Gasteiger partial charge in [0.05, 0.1) is 18.4 Å². The maximum absolute atomic E-state index is 11.8. The maximum atomic E-state index is 11.8. The Labute approximate surface area is 188 Å². The minimum Gasteiger partial charge on any atom is -0.368 e. The van der Waals surface area contributed by atoms with Crippen molar-refractivity contribution in [1.29, 1.82) is 0 Å². The van der Waals surface area contributed by atoms with E-state index in [1.807, 2.05) is 43.2 Å². The first kappa shape index (κ1) is 22.0. The number of hydrogen-bond donors (Lipinski definition) is 1. The number of carbonyl (C=O) groups excluding carboxylic acids is 1. The van der Waals surface area contributed by atoms with Gasteiger partial charge in [-0.05, 0) is 62.4 Å². The standard InChI is InChI=1S/C24H30N6O2/c1-5-6-22(31)32-29-10-9-18-7-8-21(11-19(18)14-29)27-24-25-12-17(4)23(28-24)20-13-26-30(15-20)16(2)3/h7-8,11-13,15-16H,5-6,9-10,14H2,1-4H3,(H,25,27,28). The van der Waals surface area contributed by atoms with Crippen LogP contribution in [0.5, 0.6) is 0 Å². The van der Waals surface area contributed by atoms with Gasteiger partial charge in [-0.15, -0.1) is 5.06 Å². The highest BCUT2D eigenvalue weighted by Crippen LogP contribution is 2.26. The fourth-order valence-corrected chi connectivity index (χ4v) is 3.75. The molecule has 8 nitrogen and oxygen atoms in total. The van der Waals surface area contributed by atoms with Crippen molar-refractivity contribution >= 4 is 17.6 Å². The van der Waals surface area contributed by atoms with E-state index in [1.54, 1.807) is 5.06 Å². The molecule has 1 aromatic carbocycles. The van der Waals surface area contributed by atoms with Crippen LogP contribution in [0, 0.1) is 6.92 Å². The van der Waals surface area contributed by atoms with Crippen LogP contribution in [-0.4, -0.2) is 37.3 Å². The van der Waals surface area contributed by atoms with E-state index < -0.39 is 0 Å². The third-order valence-electron chi connectivity index (χ3n) is 5.50. The molecule has 8 heteroatoms. The number of anilines is 2. The van der Waals surface area contributed by atoms with E-state index in [1.165, 1.54) is 5.56 Å².